The smallest absolute Gasteiger partial charge is 0.260 e. The molecule has 154 valence electrons. The van der Waals surface area contributed by atoms with Crippen molar-refractivity contribution in [2.24, 2.45) is 0 Å². The Labute approximate surface area is 191 Å². The van der Waals surface area contributed by atoms with Crippen molar-refractivity contribution in [2.75, 3.05) is 0 Å². The van der Waals surface area contributed by atoms with Crippen molar-refractivity contribution in [1.29, 1.82) is 0 Å². The number of hydrogen-bond donors (Lipinski definition) is 0. The Morgan fingerprint density at radius 3 is 1.97 bits per heavy atom. The fourth-order valence-electron chi connectivity index (χ4n) is 6.01. The van der Waals surface area contributed by atoms with E-state index in [0.717, 1.165) is 41.3 Å². The minimum atomic E-state index is 0.134. The van der Waals surface area contributed by atoms with E-state index in [9.17, 15) is 0 Å². The van der Waals surface area contributed by atoms with Crippen LogP contribution in [0.3, 0.4) is 0 Å². The number of benzene rings is 5. The zero-order chi connectivity index (χ0) is 21.5. The van der Waals surface area contributed by atoms with Crippen LogP contribution in [-0.4, -0.2) is 6.71 Å². The molecule has 33 heavy (non-hydrogen) atoms. The molecule has 3 heteroatoms. The maximum Gasteiger partial charge on any atom is 0.260 e. The second-order valence-electron chi connectivity index (χ2n) is 9.15. The first kappa shape index (κ1) is 17.6. The van der Waals surface area contributed by atoms with Crippen molar-refractivity contribution in [2.45, 2.75) is 12.8 Å². The number of ether oxygens (including phenoxy) is 2. The Kier molecular flexibility index (Phi) is 3.35. The van der Waals surface area contributed by atoms with Gasteiger partial charge in [0.1, 0.15) is 17.2 Å². The van der Waals surface area contributed by atoms with Crippen LogP contribution in [0.4, 0.5) is 0 Å². The number of allylic oxidation sites excluding steroid dienone is 4. The van der Waals surface area contributed by atoms with E-state index in [-0.39, 0.29) is 6.71 Å². The molecular formula is C30H19BO2. The maximum absolute atomic E-state index is 6.55. The molecule has 2 aliphatic heterocycles. The Morgan fingerprint density at radius 1 is 0.606 bits per heavy atom. The summed E-state index contributed by atoms with van der Waals surface area (Å²) in [6.45, 7) is 0.134. The third-order valence-electron chi connectivity index (χ3n) is 7.42. The molecule has 5 aromatic carbocycles. The van der Waals surface area contributed by atoms with E-state index in [2.05, 4.69) is 84.9 Å². The average molecular weight is 422 g/mol. The summed E-state index contributed by atoms with van der Waals surface area (Å²) in [5.41, 5.74) is 3.65. The number of fused-ring (bicyclic) bond motifs is 9. The summed E-state index contributed by atoms with van der Waals surface area (Å²) in [5, 5.41) is 7.65. The first-order valence-corrected chi connectivity index (χ1v) is 11.6. The fourth-order valence-corrected chi connectivity index (χ4v) is 6.01. The predicted molar refractivity (Wildman–Crippen MR) is 137 cm³/mol. The Morgan fingerprint density at radius 2 is 1.24 bits per heavy atom. The van der Waals surface area contributed by atoms with Gasteiger partial charge in [-0.2, -0.15) is 0 Å². The lowest BCUT2D eigenvalue weighted by Gasteiger charge is -2.35. The highest BCUT2D eigenvalue weighted by Gasteiger charge is 2.41. The third kappa shape index (κ3) is 2.29. The molecule has 0 fully saturated rings. The molecule has 2 heterocycles. The van der Waals surface area contributed by atoms with E-state index >= 15 is 0 Å². The summed E-state index contributed by atoms with van der Waals surface area (Å²) < 4.78 is 12.9. The molecule has 0 spiro atoms. The van der Waals surface area contributed by atoms with Gasteiger partial charge < -0.3 is 9.47 Å². The van der Waals surface area contributed by atoms with Crippen LogP contribution >= 0.6 is 0 Å². The van der Waals surface area contributed by atoms with Gasteiger partial charge in [0.15, 0.2) is 0 Å². The van der Waals surface area contributed by atoms with Crippen LogP contribution < -0.4 is 20.4 Å². The van der Waals surface area contributed by atoms with E-state index in [4.69, 9.17) is 9.47 Å². The molecule has 0 saturated heterocycles. The largest absolute Gasteiger partial charge is 0.463 e. The van der Waals surface area contributed by atoms with E-state index in [1.165, 1.54) is 43.3 Å². The highest BCUT2D eigenvalue weighted by Crippen LogP contribution is 2.41. The molecule has 0 saturated carbocycles. The summed E-state index contributed by atoms with van der Waals surface area (Å²) in [6, 6.07) is 28.3. The first-order chi connectivity index (χ1) is 16.4. The second kappa shape index (κ2) is 6.29. The molecule has 0 bridgehead atoms. The van der Waals surface area contributed by atoms with Gasteiger partial charge >= 0.3 is 0 Å². The van der Waals surface area contributed by atoms with E-state index in [1.54, 1.807) is 0 Å². The Bertz CT molecular complexity index is 1730. The van der Waals surface area contributed by atoms with Crippen LogP contribution in [0.5, 0.6) is 17.2 Å². The van der Waals surface area contributed by atoms with Gasteiger partial charge in [-0.05, 0) is 67.9 Å². The lowest BCUT2D eigenvalue weighted by molar-refractivity contribution is 0.396. The Balaban J connectivity index is 1.52. The van der Waals surface area contributed by atoms with Crippen LogP contribution in [0.15, 0.2) is 102 Å². The maximum atomic E-state index is 6.55. The van der Waals surface area contributed by atoms with Crippen LogP contribution in [0, 0.1) is 0 Å². The monoisotopic (exact) mass is 422 g/mol. The van der Waals surface area contributed by atoms with Gasteiger partial charge in [-0.15, -0.1) is 0 Å². The molecule has 0 radical (unpaired) electrons. The lowest BCUT2D eigenvalue weighted by atomic mass is 9.34. The molecule has 0 aromatic heterocycles. The summed E-state index contributed by atoms with van der Waals surface area (Å²) in [5.74, 6) is 3.88. The lowest BCUT2D eigenvalue weighted by Crippen LogP contribution is -2.51. The molecule has 0 amide bonds. The van der Waals surface area contributed by atoms with Gasteiger partial charge in [-0.3, -0.25) is 0 Å². The van der Waals surface area contributed by atoms with Crippen molar-refractivity contribution in [3.63, 3.8) is 0 Å². The van der Waals surface area contributed by atoms with Gasteiger partial charge in [-0.1, -0.05) is 72.8 Å². The van der Waals surface area contributed by atoms with Crippen LogP contribution in [0.2, 0.25) is 0 Å². The molecule has 2 nitrogen and oxygen atoms in total. The summed E-state index contributed by atoms with van der Waals surface area (Å²) in [7, 11) is 0. The highest BCUT2D eigenvalue weighted by atomic mass is 16.5. The van der Waals surface area contributed by atoms with Gasteiger partial charge in [0.25, 0.3) is 6.71 Å². The van der Waals surface area contributed by atoms with Crippen LogP contribution in [0.25, 0.3) is 32.3 Å². The van der Waals surface area contributed by atoms with Crippen molar-refractivity contribution in [3.8, 4) is 17.2 Å². The van der Waals surface area contributed by atoms with Crippen molar-refractivity contribution < 1.29 is 9.47 Å². The molecule has 5 aromatic rings. The summed E-state index contributed by atoms with van der Waals surface area (Å²) >= 11 is 0. The average Bonchev–Trinajstić information content (AvgIpc) is 2.88. The van der Waals surface area contributed by atoms with Crippen molar-refractivity contribution >= 4 is 50.0 Å². The summed E-state index contributed by atoms with van der Waals surface area (Å²) in [6.07, 6.45) is 6.51. The van der Waals surface area contributed by atoms with Crippen LogP contribution in [0.1, 0.15) is 12.8 Å². The zero-order valence-electron chi connectivity index (χ0n) is 18.0. The predicted octanol–water partition coefficient (Wildman–Crippen LogP) is 6.40. The normalized spacial score (nSPS) is 15.8. The second-order valence-corrected chi connectivity index (χ2v) is 9.15. The minimum Gasteiger partial charge on any atom is -0.463 e. The third-order valence-corrected chi connectivity index (χ3v) is 7.42. The van der Waals surface area contributed by atoms with Gasteiger partial charge in [-0.25, -0.2) is 0 Å². The highest BCUT2D eigenvalue weighted by molar-refractivity contribution is 6.94. The molecule has 0 N–H and O–H groups in total. The topological polar surface area (TPSA) is 18.5 Å². The van der Waals surface area contributed by atoms with Gasteiger partial charge in [0.2, 0.25) is 0 Å². The molecular weight excluding hydrogens is 403 g/mol. The fraction of sp³-hybridized carbons (Fsp3) is 0.0667. The van der Waals surface area contributed by atoms with Crippen molar-refractivity contribution in [1.82, 2.24) is 0 Å². The minimum absolute atomic E-state index is 0.134. The molecule has 1 aliphatic carbocycles. The summed E-state index contributed by atoms with van der Waals surface area (Å²) in [4.78, 5) is 0. The first-order valence-electron chi connectivity index (χ1n) is 11.6. The standard InChI is InChI=1S/C30H19BO2/c1-3-10-20-18(8-1)19-9-2-4-11-21(19)23-17-29-25(16-22(20)23)31-24-12-5-6-13-26(24)32-27-14-7-15-28(33-29)30(27)31/h1-5,7-12,14-17H,6,13H2. The molecule has 0 unspecified atom stereocenters. The quantitative estimate of drug-likeness (QED) is 0.213. The van der Waals surface area contributed by atoms with Crippen LogP contribution in [-0.2, 0) is 0 Å². The van der Waals surface area contributed by atoms with Gasteiger partial charge in [0, 0.05) is 11.9 Å². The van der Waals surface area contributed by atoms with E-state index in [1.807, 2.05) is 6.07 Å². The SMILES string of the molecule is C1=CC2=C(CC1)Oc1cccc3c1B2c1cc2c4ccccc4c4ccccc4c2cc1O3. The van der Waals surface area contributed by atoms with Crippen molar-refractivity contribution in [3.05, 3.63) is 102 Å². The van der Waals surface area contributed by atoms with E-state index < -0.39 is 0 Å². The molecule has 3 aliphatic rings. The van der Waals surface area contributed by atoms with E-state index in [0.29, 0.717) is 0 Å². The Hall–Kier alpha value is -3.98. The van der Waals surface area contributed by atoms with Gasteiger partial charge in [0.05, 0.1) is 5.76 Å². The number of rotatable bonds is 0. The molecule has 8 rings (SSSR count). The number of hydrogen-bond acceptors (Lipinski definition) is 2. The zero-order valence-corrected chi connectivity index (χ0v) is 18.0. The molecule has 0 atom stereocenters.